The molecule has 2 aliphatic rings. The molecule has 0 aliphatic carbocycles. The number of carbonyl (C=O) groups excluding carboxylic acids is 1. The van der Waals surface area contributed by atoms with Crippen molar-refractivity contribution >= 4 is 40.4 Å². The molecule has 3 aromatic rings. The number of aromatic nitrogens is 2. The standard InChI is InChI=1S/C20H16N4OS2/c25-20-16-3-1-2-15(18-11-26-12-22-18)17(16)9-24(20)7-5-14-10-27-19(23-14)13-4-6-21-8-13/h1-4,6,10-12H,5,7-9H2. The van der Waals surface area contributed by atoms with Crippen LogP contribution in [0.4, 0.5) is 0 Å². The van der Waals surface area contributed by atoms with Crippen molar-refractivity contribution in [3.8, 4) is 11.3 Å². The molecule has 0 fully saturated rings. The second kappa shape index (κ2) is 6.83. The lowest BCUT2D eigenvalue weighted by Gasteiger charge is -2.14. The summed E-state index contributed by atoms with van der Waals surface area (Å²) in [6, 6.07) is 5.91. The SMILES string of the molecule is O=C1c2cccc(-c3cscn3)c2CN1CCc1csc(C2=CC=NC2)n1. The van der Waals surface area contributed by atoms with Crippen molar-refractivity contribution in [1.29, 1.82) is 0 Å². The van der Waals surface area contributed by atoms with Crippen molar-refractivity contribution in [1.82, 2.24) is 14.9 Å². The Labute approximate surface area is 164 Å². The number of fused-ring (bicyclic) bond motifs is 1. The molecule has 0 unspecified atom stereocenters. The minimum atomic E-state index is 0.101. The Hall–Kier alpha value is -2.64. The lowest BCUT2D eigenvalue weighted by atomic mass is 10.0. The van der Waals surface area contributed by atoms with Gasteiger partial charge in [0, 0.05) is 53.2 Å². The maximum Gasteiger partial charge on any atom is 0.254 e. The third kappa shape index (κ3) is 3.02. The summed E-state index contributed by atoms with van der Waals surface area (Å²) in [5, 5.41) is 5.15. The van der Waals surface area contributed by atoms with Gasteiger partial charge in [-0.1, -0.05) is 12.1 Å². The summed E-state index contributed by atoms with van der Waals surface area (Å²) in [5.74, 6) is 0.101. The van der Waals surface area contributed by atoms with E-state index >= 15 is 0 Å². The third-order valence-corrected chi connectivity index (χ3v) is 6.41. The van der Waals surface area contributed by atoms with Gasteiger partial charge in [0.15, 0.2) is 0 Å². The molecular formula is C20H16N4OS2. The van der Waals surface area contributed by atoms with Crippen molar-refractivity contribution in [3.63, 3.8) is 0 Å². The lowest BCUT2D eigenvalue weighted by molar-refractivity contribution is 0.0780. The number of benzene rings is 1. The Morgan fingerprint density at radius 1 is 1.19 bits per heavy atom. The van der Waals surface area contributed by atoms with Crippen molar-refractivity contribution in [2.75, 3.05) is 13.1 Å². The molecule has 5 rings (SSSR count). The zero-order valence-electron chi connectivity index (χ0n) is 14.5. The molecule has 0 N–H and O–H groups in total. The highest BCUT2D eigenvalue weighted by Crippen LogP contribution is 2.32. The number of hydrogen-bond acceptors (Lipinski definition) is 6. The first kappa shape index (κ1) is 16.5. The number of nitrogens with zero attached hydrogens (tertiary/aromatic N) is 4. The van der Waals surface area contributed by atoms with Crippen molar-refractivity contribution < 1.29 is 4.79 Å². The number of allylic oxidation sites excluding steroid dienone is 1. The molecule has 2 aliphatic heterocycles. The minimum Gasteiger partial charge on any atom is -0.334 e. The van der Waals surface area contributed by atoms with Crippen molar-refractivity contribution in [2.24, 2.45) is 4.99 Å². The summed E-state index contributed by atoms with van der Waals surface area (Å²) in [4.78, 5) is 28.1. The summed E-state index contributed by atoms with van der Waals surface area (Å²) >= 11 is 3.22. The van der Waals surface area contributed by atoms with Crippen LogP contribution in [0.3, 0.4) is 0 Å². The van der Waals surface area contributed by atoms with E-state index in [1.165, 1.54) is 5.57 Å². The van der Waals surface area contributed by atoms with E-state index in [1.807, 2.05) is 40.2 Å². The van der Waals surface area contributed by atoms with Crippen LogP contribution in [0.15, 0.2) is 45.5 Å². The summed E-state index contributed by atoms with van der Waals surface area (Å²) in [7, 11) is 0. The highest BCUT2D eigenvalue weighted by molar-refractivity contribution is 7.10. The van der Waals surface area contributed by atoms with E-state index in [9.17, 15) is 4.79 Å². The zero-order valence-corrected chi connectivity index (χ0v) is 16.1. The van der Waals surface area contributed by atoms with Crippen LogP contribution < -0.4 is 0 Å². The molecule has 0 saturated carbocycles. The number of aliphatic imine (C=N–C) groups is 1. The second-order valence-electron chi connectivity index (χ2n) is 6.51. The highest BCUT2D eigenvalue weighted by atomic mass is 32.1. The summed E-state index contributed by atoms with van der Waals surface area (Å²) in [5.41, 5.74) is 7.92. The van der Waals surface area contributed by atoms with Crippen LogP contribution in [0, 0.1) is 0 Å². The highest BCUT2D eigenvalue weighted by Gasteiger charge is 2.29. The van der Waals surface area contributed by atoms with Gasteiger partial charge in [0.2, 0.25) is 0 Å². The van der Waals surface area contributed by atoms with Crippen LogP contribution >= 0.6 is 22.7 Å². The Bertz CT molecular complexity index is 1070. The van der Waals surface area contributed by atoms with Gasteiger partial charge in [-0.25, -0.2) is 9.97 Å². The normalized spacial score (nSPS) is 15.5. The number of rotatable bonds is 5. The first-order valence-electron chi connectivity index (χ1n) is 8.73. The summed E-state index contributed by atoms with van der Waals surface area (Å²) < 4.78 is 0. The Balaban J connectivity index is 1.31. The Morgan fingerprint density at radius 2 is 2.11 bits per heavy atom. The molecule has 0 atom stereocenters. The molecule has 0 radical (unpaired) electrons. The van der Waals surface area contributed by atoms with E-state index in [0.29, 0.717) is 19.6 Å². The van der Waals surface area contributed by atoms with Gasteiger partial charge in [-0.05, 0) is 17.7 Å². The molecule has 4 heterocycles. The van der Waals surface area contributed by atoms with Gasteiger partial charge in [-0.2, -0.15) is 0 Å². The van der Waals surface area contributed by atoms with Gasteiger partial charge in [0.1, 0.15) is 5.01 Å². The Kier molecular flexibility index (Phi) is 4.18. The fraction of sp³-hybridized carbons (Fsp3) is 0.200. The van der Waals surface area contributed by atoms with Gasteiger partial charge in [-0.3, -0.25) is 9.79 Å². The fourth-order valence-electron chi connectivity index (χ4n) is 3.46. The summed E-state index contributed by atoms with van der Waals surface area (Å²) in [6.07, 6.45) is 4.61. The molecule has 7 heteroatoms. The first-order valence-corrected chi connectivity index (χ1v) is 10.6. The lowest BCUT2D eigenvalue weighted by Crippen LogP contribution is -2.26. The van der Waals surface area contributed by atoms with Crippen LogP contribution in [0.25, 0.3) is 16.8 Å². The monoisotopic (exact) mass is 392 g/mol. The maximum atomic E-state index is 12.8. The van der Waals surface area contributed by atoms with E-state index < -0.39 is 0 Å². The van der Waals surface area contributed by atoms with E-state index in [4.69, 9.17) is 4.98 Å². The topological polar surface area (TPSA) is 58.5 Å². The second-order valence-corrected chi connectivity index (χ2v) is 8.08. The molecule has 2 aromatic heterocycles. The van der Waals surface area contributed by atoms with Crippen LogP contribution in [0.2, 0.25) is 0 Å². The number of amides is 1. The number of hydrogen-bond donors (Lipinski definition) is 0. The van der Waals surface area contributed by atoms with Crippen LogP contribution in [0.1, 0.15) is 26.6 Å². The molecule has 27 heavy (non-hydrogen) atoms. The maximum absolute atomic E-state index is 12.8. The molecule has 1 amide bonds. The number of thiazole rings is 2. The first-order chi connectivity index (χ1) is 13.3. The predicted octanol–water partition coefficient (Wildman–Crippen LogP) is 3.93. The minimum absolute atomic E-state index is 0.101. The van der Waals surface area contributed by atoms with Crippen molar-refractivity contribution in [2.45, 2.75) is 13.0 Å². The smallest absolute Gasteiger partial charge is 0.254 e. The molecule has 5 nitrogen and oxygen atoms in total. The van der Waals surface area contributed by atoms with Gasteiger partial charge < -0.3 is 4.90 Å². The van der Waals surface area contributed by atoms with E-state index in [1.54, 1.807) is 22.7 Å². The Morgan fingerprint density at radius 3 is 2.93 bits per heavy atom. The molecule has 0 spiro atoms. The number of carbonyl (C=O) groups is 1. The van der Waals surface area contributed by atoms with E-state index in [0.717, 1.165) is 39.5 Å². The van der Waals surface area contributed by atoms with Gasteiger partial charge in [-0.15, -0.1) is 22.7 Å². The van der Waals surface area contributed by atoms with Crippen LogP contribution in [-0.4, -0.2) is 40.1 Å². The van der Waals surface area contributed by atoms with Gasteiger partial charge >= 0.3 is 0 Å². The molecule has 134 valence electrons. The molecular weight excluding hydrogens is 376 g/mol. The molecule has 0 saturated heterocycles. The third-order valence-electron chi connectivity index (χ3n) is 4.86. The van der Waals surface area contributed by atoms with Crippen molar-refractivity contribution in [3.05, 3.63) is 62.4 Å². The fourth-order valence-corrected chi connectivity index (χ4v) is 4.88. The van der Waals surface area contributed by atoms with Gasteiger partial charge in [0.05, 0.1) is 23.4 Å². The average molecular weight is 393 g/mol. The average Bonchev–Trinajstić information content (AvgIpc) is 3.46. The van der Waals surface area contributed by atoms with Gasteiger partial charge in [0.25, 0.3) is 5.91 Å². The molecule has 0 bridgehead atoms. The van der Waals surface area contributed by atoms with E-state index in [2.05, 4.69) is 21.4 Å². The summed E-state index contributed by atoms with van der Waals surface area (Å²) in [6.45, 7) is 2.02. The van der Waals surface area contributed by atoms with Crippen LogP contribution in [0.5, 0.6) is 0 Å². The van der Waals surface area contributed by atoms with Crippen LogP contribution in [-0.2, 0) is 13.0 Å². The molecule has 1 aromatic carbocycles. The largest absolute Gasteiger partial charge is 0.334 e. The predicted molar refractivity (Wildman–Crippen MR) is 109 cm³/mol. The zero-order chi connectivity index (χ0) is 18.2. The quantitative estimate of drug-likeness (QED) is 0.661. The van der Waals surface area contributed by atoms with E-state index in [-0.39, 0.29) is 5.91 Å².